The number of ether oxygens (including phenoxy) is 2. The number of carbonyl (C=O) groups excluding carboxylic acids is 1. The van der Waals surface area contributed by atoms with Crippen LogP contribution in [0.3, 0.4) is 0 Å². The zero-order valence-corrected chi connectivity index (χ0v) is 12.1. The molecule has 0 fully saturated rings. The molecule has 0 atom stereocenters. The molecule has 0 aromatic carbocycles. The maximum absolute atomic E-state index is 11.2. The van der Waals surface area contributed by atoms with E-state index in [9.17, 15) is 4.79 Å². The molecule has 102 valence electrons. The van der Waals surface area contributed by atoms with Crippen molar-refractivity contribution in [1.82, 2.24) is 4.98 Å². The summed E-state index contributed by atoms with van der Waals surface area (Å²) in [7, 11) is 3.07. The third kappa shape index (κ3) is 4.27. The lowest BCUT2D eigenvalue weighted by atomic mass is 10.3. The normalized spacial score (nSPS) is 10.7. The molecule has 6 heteroatoms. The van der Waals surface area contributed by atoms with Crippen LogP contribution in [0.25, 0.3) is 0 Å². The van der Waals surface area contributed by atoms with Gasteiger partial charge in [-0.15, -0.1) is 11.3 Å². The molecule has 0 saturated carbocycles. The summed E-state index contributed by atoms with van der Waals surface area (Å²) < 4.78 is 9.72. The maximum atomic E-state index is 11.2. The molecule has 0 aliphatic heterocycles. The van der Waals surface area contributed by atoms with E-state index in [2.05, 4.69) is 28.5 Å². The van der Waals surface area contributed by atoms with Gasteiger partial charge in [0.2, 0.25) is 0 Å². The minimum atomic E-state index is -0.264. The molecule has 18 heavy (non-hydrogen) atoms. The van der Waals surface area contributed by atoms with E-state index in [0.717, 1.165) is 17.4 Å². The topological polar surface area (TPSA) is 51.7 Å². The van der Waals surface area contributed by atoms with Crippen molar-refractivity contribution >= 4 is 22.4 Å². The molecule has 5 nitrogen and oxygen atoms in total. The van der Waals surface area contributed by atoms with E-state index in [1.165, 1.54) is 7.11 Å². The van der Waals surface area contributed by atoms with Crippen LogP contribution in [0, 0.1) is 0 Å². The minimum absolute atomic E-state index is 0.225. The predicted octanol–water partition coefficient (Wildman–Crippen LogP) is 1.72. The summed E-state index contributed by atoms with van der Waals surface area (Å²) in [5.74, 6) is -0.264. The number of hydrogen-bond donors (Lipinski definition) is 0. The van der Waals surface area contributed by atoms with Gasteiger partial charge in [0, 0.05) is 25.1 Å². The highest BCUT2D eigenvalue weighted by atomic mass is 32.1. The molecule has 0 bridgehead atoms. The maximum Gasteiger partial charge on any atom is 0.311 e. The van der Waals surface area contributed by atoms with E-state index < -0.39 is 0 Å². The van der Waals surface area contributed by atoms with Gasteiger partial charge in [0.1, 0.15) is 0 Å². The summed E-state index contributed by atoms with van der Waals surface area (Å²) in [5.41, 5.74) is 0.755. The van der Waals surface area contributed by atoms with Gasteiger partial charge in [0.05, 0.1) is 25.8 Å². The second-order valence-corrected chi connectivity index (χ2v) is 4.99. The van der Waals surface area contributed by atoms with Gasteiger partial charge in [-0.2, -0.15) is 0 Å². The molecule has 0 aliphatic carbocycles. The molecule has 1 rings (SSSR count). The molecule has 0 amide bonds. The Labute approximate surface area is 112 Å². The van der Waals surface area contributed by atoms with Gasteiger partial charge < -0.3 is 14.4 Å². The summed E-state index contributed by atoms with van der Waals surface area (Å²) in [4.78, 5) is 17.8. The quantitative estimate of drug-likeness (QED) is 0.707. The van der Waals surface area contributed by atoms with Crippen LogP contribution in [0.2, 0.25) is 0 Å². The molecule has 0 N–H and O–H groups in total. The Kier molecular flexibility index (Phi) is 6.07. The number of nitrogens with zero attached hydrogens (tertiary/aromatic N) is 2. The Morgan fingerprint density at radius 1 is 1.50 bits per heavy atom. The van der Waals surface area contributed by atoms with Crippen LogP contribution < -0.4 is 4.90 Å². The van der Waals surface area contributed by atoms with Crippen LogP contribution in [0.5, 0.6) is 0 Å². The second-order valence-electron chi connectivity index (χ2n) is 4.15. The first kappa shape index (κ1) is 14.9. The number of rotatable bonds is 7. The summed E-state index contributed by atoms with van der Waals surface area (Å²) in [5, 5.41) is 2.81. The van der Waals surface area contributed by atoms with Crippen molar-refractivity contribution in [3.05, 3.63) is 11.1 Å². The van der Waals surface area contributed by atoms with Crippen LogP contribution in [0.15, 0.2) is 5.38 Å². The Morgan fingerprint density at radius 3 is 2.78 bits per heavy atom. The lowest BCUT2D eigenvalue weighted by molar-refractivity contribution is -0.139. The Balaban J connectivity index is 2.71. The summed E-state index contributed by atoms with van der Waals surface area (Å²) in [6.45, 7) is 5.66. The largest absolute Gasteiger partial charge is 0.469 e. The fourth-order valence-electron chi connectivity index (χ4n) is 1.49. The van der Waals surface area contributed by atoms with Crippen molar-refractivity contribution in [2.75, 3.05) is 32.3 Å². The number of esters is 1. The van der Waals surface area contributed by atoms with Gasteiger partial charge in [-0.05, 0) is 13.8 Å². The lowest BCUT2D eigenvalue weighted by Gasteiger charge is -2.25. The fraction of sp³-hybridized carbons (Fsp3) is 0.667. The zero-order chi connectivity index (χ0) is 13.5. The Bertz CT molecular complexity index is 379. The predicted molar refractivity (Wildman–Crippen MR) is 72.2 cm³/mol. The molecule has 1 aromatic heterocycles. The third-order valence-electron chi connectivity index (χ3n) is 2.50. The number of methoxy groups -OCH3 is 2. The average molecular weight is 272 g/mol. The van der Waals surface area contributed by atoms with Crippen LogP contribution in [-0.2, 0) is 20.7 Å². The average Bonchev–Trinajstić information content (AvgIpc) is 2.77. The van der Waals surface area contributed by atoms with Crippen LogP contribution in [0.4, 0.5) is 5.13 Å². The molecule has 0 radical (unpaired) electrons. The number of aromatic nitrogens is 1. The zero-order valence-electron chi connectivity index (χ0n) is 11.3. The molecular weight excluding hydrogens is 252 g/mol. The van der Waals surface area contributed by atoms with Crippen LogP contribution >= 0.6 is 11.3 Å². The van der Waals surface area contributed by atoms with E-state index >= 15 is 0 Å². The van der Waals surface area contributed by atoms with E-state index in [0.29, 0.717) is 12.6 Å². The molecule has 0 spiro atoms. The first-order valence-corrected chi connectivity index (χ1v) is 6.73. The standard InChI is InChI=1S/C12H20N2O3S/c1-9(2)14(5-6-16-3)12-13-10(8-18-12)7-11(15)17-4/h8-9H,5-7H2,1-4H3. The smallest absolute Gasteiger partial charge is 0.311 e. The molecule has 1 heterocycles. The fourth-order valence-corrected chi connectivity index (χ4v) is 2.48. The number of hydrogen-bond acceptors (Lipinski definition) is 6. The highest BCUT2D eigenvalue weighted by molar-refractivity contribution is 7.13. The first-order chi connectivity index (χ1) is 8.58. The van der Waals surface area contributed by atoms with Crippen molar-refractivity contribution in [1.29, 1.82) is 0 Å². The molecule has 0 aliphatic rings. The van der Waals surface area contributed by atoms with Gasteiger partial charge in [0.25, 0.3) is 0 Å². The van der Waals surface area contributed by atoms with E-state index in [-0.39, 0.29) is 12.4 Å². The van der Waals surface area contributed by atoms with Crippen LogP contribution in [0.1, 0.15) is 19.5 Å². The monoisotopic (exact) mass is 272 g/mol. The van der Waals surface area contributed by atoms with Crippen molar-refractivity contribution in [2.24, 2.45) is 0 Å². The second kappa shape index (κ2) is 7.33. The molecular formula is C12H20N2O3S. The Hall–Kier alpha value is -1.14. The van der Waals surface area contributed by atoms with Crippen molar-refractivity contribution in [2.45, 2.75) is 26.3 Å². The molecule has 0 saturated heterocycles. The van der Waals surface area contributed by atoms with E-state index in [1.54, 1.807) is 18.4 Å². The van der Waals surface area contributed by atoms with E-state index in [4.69, 9.17) is 4.74 Å². The summed E-state index contributed by atoms with van der Waals surface area (Å²) in [6, 6.07) is 0.345. The van der Waals surface area contributed by atoms with E-state index in [1.807, 2.05) is 5.38 Å². The van der Waals surface area contributed by atoms with Crippen molar-refractivity contribution < 1.29 is 14.3 Å². The highest BCUT2D eigenvalue weighted by Crippen LogP contribution is 2.22. The SMILES string of the molecule is COCCN(c1nc(CC(=O)OC)cs1)C(C)C. The highest BCUT2D eigenvalue weighted by Gasteiger charge is 2.15. The van der Waals surface area contributed by atoms with Gasteiger partial charge >= 0.3 is 5.97 Å². The van der Waals surface area contributed by atoms with Crippen molar-refractivity contribution in [3.63, 3.8) is 0 Å². The van der Waals surface area contributed by atoms with Gasteiger partial charge in [-0.3, -0.25) is 4.79 Å². The van der Waals surface area contributed by atoms with Gasteiger partial charge in [0.15, 0.2) is 5.13 Å². The van der Waals surface area contributed by atoms with Gasteiger partial charge in [-0.1, -0.05) is 0 Å². The number of thiazole rings is 1. The first-order valence-electron chi connectivity index (χ1n) is 5.85. The number of carbonyl (C=O) groups is 1. The Morgan fingerprint density at radius 2 is 2.22 bits per heavy atom. The van der Waals surface area contributed by atoms with Crippen LogP contribution in [-0.4, -0.2) is 44.4 Å². The van der Waals surface area contributed by atoms with Crippen molar-refractivity contribution in [3.8, 4) is 0 Å². The van der Waals surface area contributed by atoms with Gasteiger partial charge in [-0.25, -0.2) is 4.98 Å². The summed E-state index contributed by atoms with van der Waals surface area (Å²) in [6.07, 6.45) is 0.225. The minimum Gasteiger partial charge on any atom is -0.469 e. The number of anilines is 1. The third-order valence-corrected chi connectivity index (χ3v) is 3.42. The lowest BCUT2D eigenvalue weighted by Crippen LogP contribution is -2.33. The molecule has 0 unspecified atom stereocenters. The summed E-state index contributed by atoms with van der Waals surface area (Å²) >= 11 is 1.54. The molecule has 1 aromatic rings.